The second-order valence-corrected chi connectivity index (χ2v) is 6.89. The molecule has 16 heteroatoms. The Morgan fingerprint density at radius 2 is 1.57 bits per heavy atom. The number of rotatable bonds is 2. The number of hydrogen-bond donors (Lipinski definition) is 3. The lowest BCUT2D eigenvalue weighted by Crippen LogP contribution is -2.45. The Morgan fingerprint density at radius 1 is 1.06 bits per heavy atom. The lowest BCUT2D eigenvalue weighted by molar-refractivity contribution is -0.193. The Bertz CT molecular complexity index is 950. The van der Waals surface area contributed by atoms with Gasteiger partial charge >= 0.3 is 30.3 Å². The molecule has 10 nitrogen and oxygen atoms in total. The van der Waals surface area contributed by atoms with Crippen LogP contribution in [-0.4, -0.2) is 86.1 Å². The molecule has 3 N–H and O–H groups in total. The number of pyridine rings is 1. The molecule has 2 aromatic rings. The Balaban J connectivity index is 0.000000362. The molecule has 3 heterocycles. The summed E-state index contributed by atoms with van der Waals surface area (Å²) in [5, 5.41) is 17.6. The minimum absolute atomic E-state index is 0.0375. The van der Waals surface area contributed by atoms with E-state index in [0.29, 0.717) is 6.04 Å². The van der Waals surface area contributed by atoms with Crippen LogP contribution in [0.3, 0.4) is 0 Å². The van der Waals surface area contributed by atoms with Crippen LogP contribution in [0.5, 0.6) is 0 Å². The Hall–Kier alpha value is -3.69. The molecule has 3 rings (SSSR count). The van der Waals surface area contributed by atoms with Crippen molar-refractivity contribution in [3.05, 3.63) is 37.1 Å². The normalized spacial score (nSPS) is 14.0. The molecule has 1 fully saturated rings. The smallest absolute Gasteiger partial charge is 0.475 e. The minimum atomic E-state index is -5.08. The number of hydrogen-bond acceptors (Lipinski definition) is 6. The first-order valence-corrected chi connectivity index (χ1v) is 9.67. The number of nitrogens with zero attached hydrogens (tertiary/aromatic N) is 4. The van der Waals surface area contributed by atoms with E-state index < -0.39 is 24.3 Å². The van der Waals surface area contributed by atoms with E-state index in [1.807, 2.05) is 24.1 Å². The van der Waals surface area contributed by atoms with Crippen LogP contribution in [0.1, 0.15) is 12.8 Å². The topological polar surface area (TPSA) is 138 Å². The molecule has 1 amide bonds. The number of aliphatic carboxylic acids is 2. The maximum Gasteiger partial charge on any atom is 0.490 e. The van der Waals surface area contributed by atoms with Gasteiger partial charge in [-0.15, -0.1) is 0 Å². The third kappa shape index (κ3) is 9.99. The van der Waals surface area contributed by atoms with Crippen LogP contribution in [0, 0.1) is 0 Å². The second kappa shape index (κ2) is 12.7. The number of alkyl halides is 6. The summed E-state index contributed by atoms with van der Waals surface area (Å²) in [4.78, 5) is 40.5. The number of carbonyl (C=O) groups excluding carboxylic acids is 1. The van der Waals surface area contributed by atoms with E-state index in [0.717, 1.165) is 37.2 Å². The molecule has 0 aliphatic carbocycles. The van der Waals surface area contributed by atoms with E-state index in [2.05, 4.69) is 15.3 Å². The number of halogens is 6. The van der Waals surface area contributed by atoms with Gasteiger partial charge in [-0.1, -0.05) is 0 Å². The average Bonchev–Trinajstić information content (AvgIpc) is 3.29. The lowest BCUT2D eigenvalue weighted by atomic mass is 10.1. The molecule has 1 aliphatic heterocycles. The fourth-order valence-electron chi connectivity index (χ4n) is 2.62. The van der Waals surface area contributed by atoms with Gasteiger partial charge in [-0.05, 0) is 38.1 Å². The molecule has 0 radical (unpaired) electrons. The van der Waals surface area contributed by atoms with Crippen LogP contribution in [0.4, 0.5) is 31.1 Å². The lowest BCUT2D eigenvalue weighted by Gasteiger charge is -2.31. The summed E-state index contributed by atoms with van der Waals surface area (Å²) >= 11 is 0. The van der Waals surface area contributed by atoms with Crippen molar-refractivity contribution in [1.29, 1.82) is 0 Å². The van der Waals surface area contributed by atoms with Crippen LogP contribution in [0.25, 0.3) is 11.3 Å². The molecule has 1 aliphatic rings. The summed E-state index contributed by atoms with van der Waals surface area (Å²) in [6.07, 6.45) is -1.39. The van der Waals surface area contributed by atoms with Crippen LogP contribution >= 0.6 is 0 Å². The molecule has 0 unspecified atom stereocenters. The summed E-state index contributed by atoms with van der Waals surface area (Å²) in [6, 6.07) is 4.05. The van der Waals surface area contributed by atoms with E-state index in [-0.39, 0.29) is 6.03 Å². The van der Waals surface area contributed by atoms with Crippen LogP contribution < -0.4 is 5.32 Å². The van der Waals surface area contributed by atoms with Crippen molar-refractivity contribution in [1.82, 2.24) is 24.8 Å². The van der Waals surface area contributed by atoms with Gasteiger partial charge in [-0.25, -0.2) is 19.4 Å². The molecule has 1 saturated heterocycles. The maximum atomic E-state index is 12.5. The molecular formula is C19H21F6N5O5. The first-order chi connectivity index (χ1) is 16.1. The van der Waals surface area contributed by atoms with Crippen molar-refractivity contribution in [2.75, 3.05) is 20.1 Å². The molecule has 0 saturated carbocycles. The summed E-state index contributed by atoms with van der Waals surface area (Å²) < 4.78 is 65.0. The Kier molecular flexibility index (Phi) is 10.6. The largest absolute Gasteiger partial charge is 0.490 e. The summed E-state index contributed by atoms with van der Waals surface area (Å²) in [5.74, 6) is -5.51. The van der Waals surface area contributed by atoms with Crippen LogP contribution in [0.2, 0.25) is 0 Å². The number of piperidine rings is 1. The number of carboxylic acid groups (broad SMARTS) is 2. The average molecular weight is 513 g/mol. The minimum Gasteiger partial charge on any atom is -0.475 e. The zero-order valence-corrected chi connectivity index (χ0v) is 18.0. The summed E-state index contributed by atoms with van der Waals surface area (Å²) in [7, 11) is 1.86. The van der Waals surface area contributed by atoms with Crippen molar-refractivity contribution in [3.8, 4) is 11.3 Å². The number of nitrogens with one attached hydrogen (secondary N) is 1. The fraction of sp³-hybridized carbons (Fsp3) is 0.421. The molecule has 0 atom stereocenters. The van der Waals surface area contributed by atoms with Gasteiger partial charge in [0.2, 0.25) is 0 Å². The van der Waals surface area contributed by atoms with Gasteiger partial charge in [0, 0.05) is 37.2 Å². The number of carboxylic acids is 2. The maximum absolute atomic E-state index is 12.5. The number of carbonyl (C=O) groups is 3. The van der Waals surface area contributed by atoms with Gasteiger partial charge in [0.1, 0.15) is 6.33 Å². The molecule has 0 bridgehead atoms. The standard InChI is InChI=1S/C15H19N5O.2C2HF3O2/c1-19(13-4-7-16-8-5-13)15(21)20-10-14(18-11-20)12-3-2-6-17-9-12;2*3-2(4,5)1(6)7/h2-3,6,9-11,13,16H,4-5,7-8H2,1H3;2*(H,6,7). The molecule has 0 aromatic carbocycles. The summed E-state index contributed by atoms with van der Waals surface area (Å²) in [6.45, 7) is 1.93. The van der Waals surface area contributed by atoms with E-state index in [1.165, 1.54) is 0 Å². The molecular weight excluding hydrogens is 492 g/mol. The first-order valence-electron chi connectivity index (χ1n) is 9.67. The molecule has 0 spiro atoms. The van der Waals surface area contributed by atoms with Crippen molar-refractivity contribution >= 4 is 18.0 Å². The van der Waals surface area contributed by atoms with Crippen molar-refractivity contribution in [2.45, 2.75) is 31.2 Å². The van der Waals surface area contributed by atoms with Gasteiger partial charge in [0.05, 0.1) is 5.69 Å². The number of aromatic nitrogens is 3. The van der Waals surface area contributed by atoms with Crippen LogP contribution in [-0.2, 0) is 9.59 Å². The third-order valence-electron chi connectivity index (χ3n) is 4.40. The predicted molar refractivity (Wildman–Crippen MR) is 107 cm³/mol. The number of amides is 1. The molecule has 2 aromatic heterocycles. The number of imidazole rings is 1. The van der Waals surface area contributed by atoms with Gasteiger partial charge in [0.25, 0.3) is 0 Å². The van der Waals surface area contributed by atoms with Gasteiger partial charge < -0.3 is 20.4 Å². The highest BCUT2D eigenvalue weighted by Gasteiger charge is 2.38. The quantitative estimate of drug-likeness (QED) is 0.522. The highest BCUT2D eigenvalue weighted by molar-refractivity contribution is 5.78. The summed E-state index contributed by atoms with van der Waals surface area (Å²) in [5.41, 5.74) is 1.67. The zero-order valence-electron chi connectivity index (χ0n) is 18.0. The third-order valence-corrected chi connectivity index (χ3v) is 4.40. The van der Waals surface area contributed by atoms with E-state index in [4.69, 9.17) is 19.8 Å². The fourth-order valence-corrected chi connectivity index (χ4v) is 2.62. The van der Waals surface area contributed by atoms with Crippen molar-refractivity contribution in [3.63, 3.8) is 0 Å². The van der Waals surface area contributed by atoms with E-state index in [1.54, 1.807) is 29.5 Å². The molecule has 35 heavy (non-hydrogen) atoms. The van der Waals surface area contributed by atoms with E-state index in [9.17, 15) is 31.1 Å². The predicted octanol–water partition coefficient (Wildman–Crippen LogP) is 2.86. The van der Waals surface area contributed by atoms with Crippen molar-refractivity contribution < 1.29 is 50.9 Å². The highest BCUT2D eigenvalue weighted by atomic mass is 19.4. The van der Waals surface area contributed by atoms with E-state index >= 15 is 0 Å². The highest BCUT2D eigenvalue weighted by Crippen LogP contribution is 2.17. The van der Waals surface area contributed by atoms with Gasteiger partial charge in [-0.3, -0.25) is 9.55 Å². The monoisotopic (exact) mass is 513 g/mol. The Labute approximate surface area is 194 Å². The van der Waals surface area contributed by atoms with Gasteiger partial charge in [-0.2, -0.15) is 26.3 Å². The SMILES string of the molecule is CN(C(=O)n1cnc(-c2cccnc2)c1)C1CCNCC1.O=C(O)C(F)(F)F.O=C(O)C(F)(F)F. The zero-order chi connectivity index (χ0) is 26.8. The molecule has 194 valence electrons. The van der Waals surface area contributed by atoms with Gasteiger partial charge in [0.15, 0.2) is 0 Å². The first kappa shape index (κ1) is 29.3. The second-order valence-electron chi connectivity index (χ2n) is 6.89. The van der Waals surface area contributed by atoms with Crippen LogP contribution in [0.15, 0.2) is 37.1 Å². The van der Waals surface area contributed by atoms with Crippen molar-refractivity contribution in [2.24, 2.45) is 0 Å². The Morgan fingerprint density at radius 3 is 2.00 bits per heavy atom.